The van der Waals surface area contributed by atoms with Gasteiger partial charge in [0.25, 0.3) is 0 Å². The molecule has 1 rings (SSSR count). The quantitative estimate of drug-likeness (QED) is 0.418. The van der Waals surface area contributed by atoms with Crippen molar-refractivity contribution in [1.29, 1.82) is 0 Å². The Morgan fingerprint density at radius 2 is 1.76 bits per heavy atom. The molecule has 21 heavy (non-hydrogen) atoms. The van der Waals surface area contributed by atoms with Crippen LogP contribution in [0.15, 0.2) is 29.3 Å². The van der Waals surface area contributed by atoms with Crippen molar-refractivity contribution in [1.82, 2.24) is 10.6 Å². The molecule has 0 saturated carbocycles. The van der Waals surface area contributed by atoms with Crippen LogP contribution in [0.2, 0.25) is 0 Å². The van der Waals surface area contributed by atoms with Gasteiger partial charge in [0, 0.05) is 20.1 Å². The molecule has 118 valence electrons. The first kappa shape index (κ1) is 17.3. The number of methoxy groups -OCH3 is 1. The van der Waals surface area contributed by atoms with Crippen molar-refractivity contribution in [3.63, 3.8) is 0 Å². The Bertz CT molecular complexity index is 401. The molecule has 4 nitrogen and oxygen atoms in total. The zero-order valence-electron chi connectivity index (χ0n) is 13.6. The summed E-state index contributed by atoms with van der Waals surface area (Å²) in [6, 6.07) is 8.19. The molecule has 0 aromatic heterocycles. The van der Waals surface area contributed by atoms with Crippen molar-refractivity contribution in [2.75, 3.05) is 27.2 Å². The van der Waals surface area contributed by atoms with Crippen molar-refractivity contribution in [3.05, 3.63) is 29.8 Å². The molecule has 4 heteroatoms. The Morgan fingerprint density at radius 3 is 2.38 bits per heavy atom. The Morgan fingerprint density at radius 1 is 1.05 bits per heavy atom. The maximum Gasteiger partial charge on any atom is 0.190 e. The normalized spacial score (nSPS) is 11.3. The third-order valence-electron chi connectivity index (χ3n) is 3.41. The summed E-state index contributed by atoms with van der Waals surface area (Å²) < 4.78 is 5.16. The van der Waals surface area contributed by atoms with E-state index in [2.05, 4.69) is 34.7 Å². The summed E-state index contributed by atoms with van der Waals surface area (Å²) >= 11 is 0. The van der Waals surface area contributed by atoms with Crippen molar-refractivity contribution >= 4 is 5.96 Å². The Hall–Kier alpha value is -1.71. The average molecular weight is 291 g/mol. The van der Waals surface area contributed by atoms with Crippen LogP contribution in [-0.2, 0) is 6.42 Å². The Labute approximate surface area is 129 Å². The number of benzene rings is 1. The predicted octanol–water partition coefficient (Wildman–Crippen LogP) is 2.98. The zero-order valence-corrected chi connectivity index (χ0v) is 13.6. The van der Waals surface area contributed by atoms with Crippen molar-refractivity contribution < 1.29 is 4.74 Å². The fourth-order valence-electron chi connectivity index (χ4n) is 2.10. The summed E-state index contributed by atoms with van der Waals surface area (Å²) in [5.74, 6) is 1.79. The van der Waals surface area contributed by atoms with Gasteiger partial charge < -0.3 is 15.4 Å². The smallest absolute Gasteiger partial charge is 0.190 e. The van der Waals surface area contributed by atoms with Gasteiger partial charge in [-0.1, -0.05) is 38.3 Å². The largest absolute Gasteiger partial charge is 0.497 e. The molecule has 0 aliphatic carbocycles. The first-order chi connectivity index (χ1) is 10.3. The Kier molecular flexibility index (Phi) is 9.09. The van der Waals surface area contributed by atoms with Crippen molar-refractivity contribution in [2.45, 2.75) is 39.0 Å². The van der Waals surface area contributed by atoms with E-state index >= 15 is 0 Å². The summed E-state index contributed by atoms with van der Waals surface area (Å²) in [6.45, 7) is 4.09. The van der Waals surface area contributed by atoms with Crippen molar-refractivity contribution in [3.8, 4) is 5.75 Å². The molecule has 0 aliphatic heterocycles. The van der Waals surface area contributed by atoms with Gasteiger partial charge in [-0.3, -0.25) is 4.99 Å². The fraction of sp³-hybridized carbons (Fsp3) is 0.588. The van der Waals surface area contributed by atoms with Crippen LogP contribution in [0.3, 0.4) is 0 Å². The number of rotatable bonds is 9. The molecule has 0 bridgehead atoms. The number of unbranched alkanes of at least 4 members (excludes halogenated alkanes) is 3. The summed E-state index contributed by atoms with van der Waals surface area (Å²) in [7, 11) is 3.50. The molecule has 1 aromatic rings. The SMILES string of the molecule is CCCCCCNC(=NC)NCCc1ccc(OC)cc1. The van der Waals surface area contributed by atoms with Crippen LogP contribution < -0.4 is 15.4 Å². The van der Waals surface area contributed by atoms with Crippen LogP contribution in [-0.4, -0.2) is 33.2 Å². The van der Waals surface area contributed by atoms with Crippen molar-refractivity contribution in [2.24, 2.45) is 4.99 Å². The van der Waals surface area contributed by atoms with E-state index in [0.717, 1.165) is 31.2 Å². The van der Waals surface area contributed by atoms with Gasteiger partial charge in [-0.05, 0) is 30.5 Å². The molecule has 0 amide bonds. The van der Waals surface area contributed by atoms with E-state index in [4.69, 9.17) is 4.74 Å². The highest BCUT2D eigenvalue weighted by Crippen LogP contribution is 2.11. The maximum absolute atomic E-state index is 5.16. The highest BCUT2D eigenvalue weighted by atomic mass is 16.5. The second kappa shape index (κ2) is 11.0. The number of guanidine groups is 1. The van der Waals surface area contributed by atoms with Crippen LogP contribution in [0.4, 0.5) is 0 Å². The van der Waals surface area contributed by atoms with Gasteiger partial charge in [0.05, 0.1) is 7.11 Å². The fourth-order valence-corrected chi connectivity index (χ4v) is 2.10. The lowest BCUT2D eigenvalue weighted by Crippen LogP contribution is -2.38. The van der Waals surface area contributed by atoms with E-state index in [1.807, 2.05) is 19.2 Å². The van der Waals surface area contributed by atoms with Crippen LogP contribution in [0, 0.1) is 0 Å². The summed E-state index contributed by atoms with van der Waals surface area (Å²) in [6.07, 6.45) is 6.04. The number of hydrogen-bond acceptors (Lipinski definition) is 2. The van der Waals surface area contributed by atoms with E-state index in [0.29, 0.717) is 0 Å². The number of ether oxygens (including phenoxy) is 1. The molecule has 0 aliphatic rings. The second-order valence-corrected chi connectivity index (χ2v) is 5.08. The number of hydrogen-bond donors (Lipinski definition) is 2. The molecular formula is C17H29N3O. The lowest BCUT2D eigenvalue weighted by molar-refractivity contribution is 0.414. The highest BCUT2D eigenvalue weighted by molar-refractivity contribution is 5.79. The lowest BCUT2D eigenvalue weighted by atomic mass is 10.1. The predicted molar refractivity (Wildman–Crippen MR) is 90.2 cm³/mol. The van der Waals surface area contributed by atoms with E-state index in [1.54, 1.807) is 7.11 Å². The first-order valence-corrected chi connectivity index (χ1v) is 7.87. The van der Waals surface area contributed by atoms with Crippen LogP contribution in [0.25, 0.3) is 0 Å². The minimum atomic E-state index is 0.876. The van der Waals surface area contributed by atoms with Crippen LogP contribution in [0.1, 0.15) is 38.2 Å². The molecule has 2 N–H and O–H groups in total. The van der Waals surface area contributed by atoms with Gasteiger partial charge in [0.2, 0.25) is 0 Å². The zero-order chi connectivity index (χ0) is 15.3. The monoisotopic (exact) mass is 291 g/mol. The lowest BCUT2D eigenvalue weighted by Gasteiger charge is -2.12. The molecule has 0 radical (unpaired) electrons. The van der Waals surface area contributed by atoms with Gasteiger partial charge in [-0.2, -0.15) is 0 Å². The molecule has 0 unspecified atom stereocenters. The van der Waals surface area contributed by atoms with E-state index in [-0.39, 0.29) is 0 Å². The second-order valence-electron chi connectivity index (χ2n) is 5.08. The standard InChI is InChI=1S/C17H29N3O/c1-4-5-6-7-13-19-17(18-2)20-14-12-15-8-10-16(21-3)11-9-15/h8-11H,4-7,12-14H2,1-3H3,(H2,18,19,20). The maximum atomic E-state index is 5.16. The number of aliphatic imine (C=N–C) groups is 1. The molecule has 0 heterocycles. The van der Waals surface area contributed by atoms with E-state index in [9.17, 15) is 0 Å². The summed E-state index contributed by atoms with van der Waals surface area (Å²) in [5.41, 5.74) is 1.29. The molecule has 1 aromatic carbocycles. The van der Waals surface area contributed by atoms with Gasteiger partial charge in [0.1, 0.15) is 5.75 Å². The third kappa shape index (κ3) is 7.59. The average Bonchev–Trinajstić information content (AvgIpc) is 2.53. The number of nitrogens with zero attached hydrogens (tertiary/aromatic N) is 1. The van der Waals surface area contributed by atoms with Crippen LogP contribution >= 0.6 is 0 Å². The highest BCUT2D eigenvalue weighted by Gasteiger charge is 1.98. The van der Waals surface area contributed by atoms with Gasteiger partial charge >= 0.3 is 0 Å². The van der Waals surface area contributed by atoms with Crippen LogP contribution in [0.5, 0.6) is 5.75 Å². The van der Waals surface area contributed by atoms with Gasteiger partial charge in [0.15, 0.2) is 5.96 Å². The van der Waals surface area contributed by atoms with E-state index in [1.165, 1.54) is 31.2 Å². The van der Waals surface area contributed by atoms with Gasteiger partial charge in [-0.15, -0.1) is 0 Å². The first-order valence-electron chi connectivity index (χ1n) is 7.87. The summed E-state index contributed by atoms with van der Waals surface area (Å²) in [5, 5.41) is 6.70. The minimum Gasteiger partial charge on any atom is -0.497 e. The Balaban J connectivity index is 2.19. The summed E-state index contributed by atoms with van der Waals surface area (Å²) in [4.78, 5) is 4.24. The molecular weight excluding hydrogens is 262 g/mol. The minimum absolute atomic E-state index is 0.876. The molecule has 0 atom stereocenters. The molecule has 0 spiro atoms. The number of nitrogens with one attached hydrogen (secondary N) is 2. The van der Waals surface area contributed by atoms with Gasteiger partial charge in [-0.25, -0.2) is 0 Å². The van der Waals surface area contributed by atoms with E-state index < -0.39 is 0 Å². The third-order valence-corrected chi connectivity index (χ3v) is 3.41. The topological polar surface area (TPSA) is 45.7 Å². The molecule has 0 fully saturated rings. The molecule has 0 saturated heterocycles.